The molecule has 2 aliphatic carbocycles. The number of sulfonamides is 1. The van der Waals surface area contributed by atoms with Crippen LogP contribution in [0.1, 0.15) is 47.9 Å². The van der Waals surface area contributed by atoms with E-state index in [4.69, 9.17) is 0 Å². The number of nitrogens with zero attached hydrogens (tertiary/aromatic N) is 2. The summed E-state index contributed by atoms with van der Waals surface area (Å²) in [5, 5.41) is 3.87. The van der Waals surface area contributed by atoms with Crippen molar-refractivity contribution in [3.05, 3.63) is 44.5 Å². The number of anilines is 1. The van der Waals surface area contributed by atoms with Crippen molar-refractivity contribution in [2.24, 2.45) is 0 Å². The van der Waals surface area contributed by atoms with Crippen LogP contribution in [0.4, 0.5) is 10.5 Å². The topological polar surface area (TPSA) is 80.6 Å². The molecule has 1 atom stereocenters. The predicted molar refractivity (Wildman–Crippen MR) is 107 cm³/mol. The third-order valence-electron chi connectivity index (χ3n) is 5.96. The van der Waals surface area contributed by atoms with Crippen molar-refractivity contribution < 1.29 is 64.6 Å². The van der Waals surface area contributed by atoms with Gasteiger partial charge in [-0.3, -0.25) is 9.69 Å². The van der Waals surface area contributed by atoms with Crippen LogP contribution < -0.4 is 56.7 Å². The van der Waals surface area contributed by atoms with Crippen LogP contribution in [0, 0.1) is 0 Å². The molecular weight excluding hydrogens is 401 g/mol. The van der Waals surface area contributed by atoms with Crippen LogP contribution in [0.2, 0.25) is 0 Å². The fraction of sp³-hybridized carbons (Fsp3) is 0.550. The van der Waals surface area contributed by atoms with Crippen LogP contribution in [-0.4, -0.2) is 39.0 Å². The summed E-state index contributed by atoms with van der Waals surface area (Å²) in [6.07, 6.45) is 9.68. The van der Waals surface area contributed by atoms with Crippen LogP contribution in [-0.2, 0) is 35.7 Å². The Morgan fingerprint density at radius 3 is 2.36 bits per heavy atom. The largest absolute Gasteiger partial charge is 1.00 e. The van der Waals surface area contributed by atoms with E-state index in [9.17, 15) is 13.2 Å². The second-order valence-corrected chi connectivity index (χ2v) is 9.27. The van der Waals surface area contributed by atoms with Gasteiger partial charge in [0.15, 0.2) is 16.1 Å². The molecule has 0 spiro atoms. The molecule has 1 saturated heterocycles. The molecule has 0 saturated carbocycles. The van der Waals surface area contributed by atoms with Gasteiger partial charge in [-0.2, -0.15) is 0 Å². The molecule has 1 aliphatic heterocycles. The summed E-state index contributed by atoms with van der Waals surface area (Å²) >= 11 is 0. The van der Waals surface area contributed by atoms with Crippen molar-refractivity contribution >= 4 is 21.7 Å². The number of nitrogens with one attached hydrogen (secondary N) is 1. The van der Waals surface area contributed by atoms with Crippen LogP contribution in [0.15, 0.2) is 17.6 Å². The maximum absolute atomic E-state index is 12.4. The number of carbonyl (C=O) groups excluding carboxylic acids is 1. The van der Waals surface area contributed by atoms with Crippen molar-refractivity contribution in [2.75, 3.05) is 18.9 Å². The number of amides is 2. The molecule has 1 heterocycles. The molecule has 3 aliphatic rings. The van der Waals surface area contributed by atoms with E-state index in [2.05, 4.69) is 21.0 Å². The molecule has 1 N–H and O–H groups in total. The molecule has 0 radical (unpaired) electrons. The first-order valence-corrected chi connectivity index (χ1v) is 11.3. The summed E-state index contributed by atoms with van der Waals surface area (Å²) in [6.45, 7) is 0.955. The third kappa shape index (κ3) is 4.91. The number of benzene rings is 1. The Kier molecular flexibility index (Phi) is 7.45. The average Bonchev–Trinajstić information content (AvgIpc) is 3.32. The second kappa shape index (κ2) is 9.28. The van der Waals surface area contributed by atoms with Crippen molar-refractivity contribution in [3.8, 4) is 0 Å². The van der Waals surface area contributed by atoms with Gasteiger partial charge in [0.1, 0.15) is 0 Å². The first-order chi connectivity index (χ1) is 12.9. The van der Waals surface area contributed by atoms with Gasteiger partial charge >= 0.3 is 51.4 Å². The van der Waals surface area contributed by atoms with Gasteiger partial charge in [-0.1, -0.05) is 12.1 Å². The van der Waals surface area contributed by atoms with Crippen LogP contribution >= 0.6 is 0 Å². The summed E-state index contributed by atoms with van der Waals surface area (Å²) in [5.41, 5.74) is 5.73. The fourth-order valence-electron chi connectivity index (χ4n) is 4.61. The maximum Gasteiger partial charge on any atom is 1.00 e. The monoisotopic (exact) mass is 427 g/mol. The van der Waals surface area contributed by atoms with Gasteiger partial charge in [-0.05, 0) is 92.9 Å². The molecule has 0 aromatic heterocycles. The van der Waals surface area contributed by atoms with Crippen molar-refractivity contribution in [1.29, 1.82) is 0 Å². The number of rotatable bonds is 4. The molecule has 0 unspecified atom stereocenters. The van der Waals surface area contributed by atoms with E-state index < -0.39 is 16.1 Å². The Hall–Kier alpha value is -0.224. The number of likely N-dealkylation sites (tertiary alicyclic amines) is 1. The standard InChI is InChI=1S/C20H27N3O3S.K/c1-23-11-4-7-16(23)10-12-27(25,26)22-20(24)21-19-17-8-2-5-14(17)13-15-6-3-9-18(15)19;/h10,12-13,16H,2-9,11H2,1H3,(H2,21,22,24);/q;+1/p-1/b12-10+;/t16-;/m1./s1. The molecule has 4 rings (SSSR count). The number of likely N-dealkylation sites (N-methyl/N-ethyl adjacent to an activating group) is 1. The van der Waals surface area contributed by atoms with E-state index in [0.29, 0.717) is 0 Å². The van der Waals surface area contributed by atoms with Gasteiger partial charge < -0.3 is 10.0 Å². The maximum atomic E-state index is 12.4. The zero-order valence-corrected chi connectivity index (χ0v) is 20.6. The first-order valence-electron chi connectivity index (χ1n) is 9.77. The van der Waals surface area contributed by atoms with E-state index in [1.807, 2.05) is 7.05 Å². The molecule has 8 heteroatoms. The zero-order valence-electron chi connectivity index (χ0n) is 16.7. The Balaban J connectivity index is 0.00000225. The SMILES string of the molecule is CN1CCC[C@@H]1/C=C/S(=O)(=O)[N-]C(=O)Nc1c2c(cc3c1CCC3)CCC2.[K+]. The van der Waals surface area contributed by atoms with Crippen molar-refractivity contribution in [3.63, 3.8) is 0 Å². The summed E-state index contributed by atoms with van der Waals surface area (Å²) in [5.74, 6) is 0. The van der Waals surface area contributed by atoms with Gasteiger partial charge in [-0.25, -0.2) is 8.42 Å². The molecule has 1 aromatic carbocycles. The molecule has 1 aromatic rings. The van der Waals surface area contributed by atoms with Gasteiger partial charge in [-0.15, -0.1) is 0 Å². The minimum absolute atomic E-state index is 0. The minimum atomic E-state index is -3.93. The molecule has 28 heavy (non-hydrogen) atoms. The molecule has 1 fully saturated rings. The summed E-state index contributed by atoms with van der Waals surface area (Å²) in [6, 6.07) is 1.57. The third-order valence-corrected chi connectivity index (χ3v) is 6.89. The molecule has 0 bridgehead atoms. The van der Waals surface area contributed by atoms with Gasteiger partial charge in [0, 0.05) is 11.4 Å². The van der Waals surface area contributed by atoms with Crippen LogP contribution in [0.3, 0.4) is 0 Å². The number of carbonyl (C=O) groups is 1. The van der Waals surface area contributed by atoms with E-state index in [1.165, 1.54) is 22.3 Å². The minimum Gasteiger partial charge on any atom is -0.423 e. The molecule has 146 valence electrons. The van der Waals surface area contributed by atoms with E-state index >= 15 is 0 Å². The Morgan fingerprint density at radius 2 is 1.79 bits per heavy atom. The summed E-state index contributed by atoms with van der Waals surface area (Å²) in [7, 11) is -1.97. The number of aryl methyl sites for hydroxylation is 2. The van der Waals surface area contributed by atoms with Gasteiger partial charge in [0.05, 0.1) is 0 Å². The van der Waals surface area contributed by atoms with Crippen LogP contribution in [0.25, 0.3) is 4.72 Å². The van der Waals surface area contributed by atoms with Crippen molar-refractivity contribution in [1.82, 2.24) is 4.90 Å². The molecular formula is C20H26KN3O3S. The Bertz CT molecular complexity index is 866. The summed E-state index contributed by atoms with van der Waals surface area (Å²) < 4.78 is 27.9. The summed E-state index contributed by atoms with van der Waals surface area (Å²) in [4.78, 5) is 14.5. The van der Waals surface area contributed by atoms with Gasteiger partial charge in [0.2, 0.25) is 0 Å². The second-order valence-electron chi connectivity index (χ2n) is 7.79. The quantitative estimate of drug-likeness (QED) is 0.710. The number of hydrogen-bond donors (Lipinski definition) is 1. The molecule has 6 nitrogen and oxygen atoms in total. The van der Waals surface area contributed by atoms with E-state index in [-0.39, 0.29) is 57.4 Å². The fourth-order valence-corrected chi connectivity index (χ4v) is 5.33. The number of urea groups is 1. The smallest absolute Gasteiger partial charge is 0.423 e. The normalized spacial score (nSPS) is 21.4. The number of hydrogen-bond acceptors (Lipinski definition) is 4. The predicted octanol–water partition coefficient (Wildman–Crippen LogP) is 0.511. The number of fused-ring (bicyclic) bond motifs is 2. The van der Waals surface area contributed by atoms with Gasteiger partial charge in [0.25, 0.3) is 0 Å². The first kappa shape index (κ1) is 22.5. The average molecular weight is 428 g/mol. The van der Waals surface area contributed by atoms with Crippen molar-refractivity contribution in [2.45, 2.75) is 57.4 Å². The Labute approximate surface area is 210 Å². The zero-order chi connectivity index (χ0) is 19.0. The van der Waals surface area contributed by atoms with E-state index in [0.717, 1.165) is 69.0 Å². The van der Waals surface area contributed by atoms with Crippen LogP contribution in [0.5, 0.6) is 0 Å². The molecule has 2 amide bonds. The Morgan fingerprint density at radius 1 is 1.14 bits per heavy atom. The van der Waals surface area contributed by atoms with E-state index in [1.54, 1.807) is 6.08 Å².